The number of piperazine rings is 1. The number of nitrogens with zero attached hydrogens (tertiary/aromatic N) is 2. The van der Waals surface area contributed by atoms with Gasteiger partial charge in [0.05, 0.1) is 6.26 Å². The Morgan fingerprint density at radius 2 is 1.81 bits per heavy atom. The van der Waals surface area contributed by atoms with Gasteiger partial charge in [-0.3, -0.25) is 14.5 Å². The maximum Gasteiger partial charge on any atom is 0.303 e. The highest BCUT2D eigenvalue weighted by molar-refractivity contribution is 5.91. The van der Waals surface area contributed by atoms with E-state index >= 15 is 0 Å². The second-order valence-electron chi connectivity index (χ2n) is 6.66. The monoisotopic (exact) mass is 356 g/mol. The molecule has 1 aliphatic heterocycles. The molecule has 1 N–H and O–H groups in total. The molecular weight excluding hydrogens is 332 g/mol. The van der Waals surface area contributed by atoms with Crippen LogP contribution in [-0.4, -0.2) is 53.0 Å². The van der Waals surface area contributed by atoms with E-state index < -0.39 is 5.97 Å². The van der Waals surface area contributed by atoms with Crippen LogP contribution in [0.5, 0.6) is 0 Å². The van der Waals surface area contributed by atoms with Gasteiger partial charge in [-0.15, -0.1) is 0 Å². The second kappa shape index (κ2) is 8.19. The minimum Gasteiger partial charge on any atom is -0.481 e. The molecule has 2 heterocycles. The van der Waals surface area contributed by atoms with Crippen molar-refractivity contribution in [1.82, 2.24) is 9.80 Å². The molecule has 0 saturated carbocycles. The molecule has 1 fully saturated rings. The van der Waals surface area contributed by atoms with Gasteiger partial charge >= 0.3 is 5.97 Å². The fourth-order valence-corrected chi connectivity index (χ4v) is 3.40. The summed E-state index contributed by atoms with van der Waals surface area (Å²) in [5.74, 6) is -0.514. The number of hydrogen-bond donors (Lipinski definition) is 1. The molecule has 6 nitrogen and oxygen atoms in total. The maximum atomic E-state index is 12.4. The molecule has 0 unspecified atom stereocenters. The van der Waals surface area contributed by atoms with Crippen LogP contribution in [0.15, 0.2) is 47.1 Å². The highest BCUT2D eigenvalue weighted by Crippen LogP contribution is 2.27. The molecule has 3 rings (SSSR count). The number of carboxylic acids is 1. The number of furan rings is 1. The van der Waals surface area contributed by atoms with Crippen molar-refractivity contribution in [3.63, 3.8) is 0 Å². The van der Waals surface area contributed by atoms with E-state index in [2.05, 4.69) is 29.2 Å². The van der Waals surface area contributed by atoms with E-state index in [1.807, 2.05) is 6.92 Å². The number of rotatable bonds is 6. The third kappa shape index (κ3) is 4.32. The molecule has 1 amide bonds. The molecule has 1 saturated heterocycles. The van der Waals surface area contributed by atoms with Crippen LogP contribution in [0.2, 0.25) is 0 Å². The van der Waals surface area contributed by atoms with Gasteiger partial charge in [0.2, 0.25) is 0 Å². The Labute approximate surface area is 153 Å². The van der Waals surface area contributed by atoms with Crippen LogP contribution in [0.3, 0.4) is 0 Å². The zero-order valence-corrected chi connectivity index (χ0v) is 14.9. The van der Waals surface area contributed by atoms with Crippen molar-refractivity contribution in [3.05, 3.63) is 59.5 Å². The first kappa shape index (κ1) is 18.2. The molecule has 1 aromatic heterocycles. The number of carbonyl (C=O) groups is 2. The Morgan fingerprint density at radius 3 is 2.38 bits per heavy atom. The lowest BCUT2D eigenvalue weighted by Crippen LogP contribution is -2.49. The summed E-state index contributed by atoms with van der Waals surface area (Å²) >= 11 is 0. The highest BCUT2D eigenvalue weighted by atomic mass is 16.4. The SMILES string of the molecule is Cc1ccc([C@H](CCC(=O)O)N2CCN(C(=O)c3ccco3)CC2)cc1. The summed E-state index contributed by atoms with van der Waals surface area (Å²) in [6.45, 7) is 4.67. The van der Waals surface area contributed by atoms with Gasteiger partial charge in [-0.2, -0.15) is 0 Å². The van der Waals surface area contributed by atoms with Gasteiger partial charge in [-0.25, -0.2) is 0 Å². The molecule has 1 aliphatic rings. The van der Waals surface area contributed by atoms with Gasteiger partial charge in [0.1, 0.15) is 0 Å². The first-order valence-corrected chi connectivity index (χ1v) is 8.90. The van der Waals surface area contributed by atoms with Gasteiger partial charge in [-0.05, 0) is 31.0 Å². The Hall–Kier alpha value is -2.60. The van der Waals surface area contributed by atoms with Crippen molar-refractivity contribution in [2.75, 3.05) is 26.2 Å². The van der Waals surface area contributed by atoms with Gasteiger partial charge in [0.25, 0.3) is 5.91 Å². The topological polar surface area (TPSA) is 74.0 Å². The van der Waals surface area contributed by atoms with E-state index in [1.54, 1.807) is 17.0 Å². The van der Waals surface area contributed by atoms with Gasteiger partial charge < -0.3 is 14.4 Å². The van der Waals surface area contributed by atoms with Crippen molar-refractivity contribution >= 4 is 11.9 Å². The summed E-state index contributed by atoms with van der Waals surface area (Å²) in [5.41, 5.74) is 2.31. The van der Waals surface area contributed by atoms with Gasteiger partial charge in [-0.1, -0.05) is 29.8 Å². The Bertz CT molecular complexity index is 732. The van der Waals surface area contributed by atoms with Crippen LogP contribution in [0.4, 0.5) is 0 Å². The van der Waals surface area contributed by atoms with E-state index in [1.165, 1.54) is 11.8 Å². The molecule has 1 aromatic carbocycles. The van der Waals surface area contributed by atoms with Gasteiger partial charge in [0, 0.05) is 38.6 Å². The number of carbonyl (C=O) groups excluding carboxylic acids is 1. The van der Waals surface area contributed by atoms with Crippen LogP contribution in [0.1, 0.15) is 40.6 Å². The zero-order valence-electron chi connectivity index (χ0n) is 14.9. The molecule has 6 heteroatoms. The van der Waals surface area contributed by atoms with Crippen molar-refractivity contribution < 1.29 is 19.1 Å². The fourth-order valence-electron chi connectivity index (χ4n) is 3.40. The number of aryl methyl sites for hydroxylation is 1. The molecule has 0 spiro atoms. The number of hydrogen-bond acceptors (Lipinski definition) is 4. The third-order valence-electron chi connectivity index (χ3n) is 4.87. The first-order chi connectivity index (χ1) is 12.5. The van der Waals surface area contributed by atoms with Crippen LogP contribution in [0, 0.1) is 6.92 Å². The lowest BCUT2D eigenvalue weighted by molar-refractivity contribution is -0.137. The predicted molar refractivity (Wildman–Crippen MR) is 97.0 cm³/mol. The van der Waals surface area contributed by atoms with E-state index in [0.717, 1.165) is 5.56 Å². The minimum atomic E-state index is -0.784. The molecule has 0 bridgehead atoms. The summed E-state index contributed by atoms with van der Waals surface area (Å²) in [6.07, 6.45) is 2.19. The molecule has 138 valence electrons. The van der Waals surface area contributed by atoms with E-state index in [4.69, 9.17) is 9.52 Å². The summed E-state index contributed by atoms with van der Waals surface area (Å²) in [7, 11) is 0. The quantitative estimate of drug-likeness (QED) is 0.861. The van der Waals surface area contributed by atoms with Crippen molar-refractivity contribution in [1.29, 1.82) is 0 Å². The highest BCUT2D eigenvalue weighted by Gasteiger charge is 2.28. The molecule has 1 atom stereocenters. The standard InChI is InChI=1S/C20H24N2O4/c1-15-4-6-16(7-5-15)17(8-9-19(23)24)21-10-12-22(13-11-21)20(25)18-3-2-14-26-18/h2-7,14,17H,8-13H2,1H3,(H,23,24)/t17-/m0/s1. The molecule has 2 aromatic rings. The Kier molecular flexibility index (Phi) is 5.73. The smallest absolute Gasteiger partial charge is 0.303 e. The van der Waals surface area contributed by atoms with Crippen LogP contribution >= 0.6 is 0 Å². The Balaban J connectivity index is 1.67. The number of carboxylic acid groups (broad SMARTS) is 1. The summed E-state index contributed by atoms with van der Waals surface area (Å²) in [5, 5.41) is 9.09. The van der Waals surface area contributed by atoms with Crippen LogP contribution < -0.4 is 0 Å². The Morgan fingerprint density at radius 1 is 1.12 bits per heavy atom. The number of benzene rings is 1. The van der Waals surface area contributed by atoms with E-state index in [0.29, 0.717) is 38.4 Å². The minimum absolute atomic E-state index is 0.0487. The van der Waals surface area contributed by atoms with Crippen molar-refractivity contribution in [3.8, 4) is 0 Å². The average molecular weight is 356 g/mol. The lowest BCUT2D eigenvalue weighted by atomic mass is 9.98. The second-order valence-corrected chi connectivity index (χ2v) is 6.66. The zero-order chi connectivity index (χ0) is 18.5. The van der Waals surface area contributed by atoms with Gasteiger partial charge in [0.15, 0.2) is 5.76 Å². The summed E-state index contributed by atoms with van der Waals surface area (Å²) in [4.78, 5) is 27.5. The fraction of sp³-hybridized carbons (Fsp3) is 0.400. The van der Waals surface area contributed by atoms with E-state index in [9.17, 15) is 9.59 Å². The van der Waals surface area contributed by atoms with E-state index in [-0.39, 0.29) is 18.4 Å². The lowest BCUT2D eigenvalue weighted by Gasteiger charge is -2.39. The predicted octanol–water partition coefficient (Wildman–Crippen LogP) is 2.95. The van der Waals surface area contributed by atoms with Crippen molar-refractivity contribution in [2.45, 2.75) is 25.8 Å². The average Bonchev–Trinajstić information content (AvgIpc) is 3.18. The number of aliphatic carboxylic acids is 1. The van der Waals surface area contributed by atoms with Crippen LogP contribution in [0.25, 0.3) is 0 Å². The first-order valence-electron chi connectivity index (χ1n) is 8.90. The maximum absolute atomic E-state index is 12.4. The normalized spacial score (nSPS) is 16.4. The molecule has 0 radical (unpaired) electrons. The molecule has 26 heavy (non-hydrogen) atoms. The molecular formula is C20H24N2O4. The number of amides is 1. The summed E-state index contributed by atoms with van der Waals surface area (Å²) < 4.78 is 5.20. The summed E-state index contributed by atoms with van der Waals surface area (Å²) in [6, 6.07) is 11.7. The van der Waals surface area contributed by atoms with Crippen LogP contribution in [-0.2, 0) is 4.79 Å². The van der Waals surface area contributed by atoms with Crippen molar-refractivity contribution in [2.24, 2.45) is 0 Å². The third-order valence-corrected chi connectivity index (χ3v) is 4.87. The largest absolute Gasteiger partial charge is 0.481 e. The molecule has 0 aliphatic carbocycles.